The molecule has 0 aliphatic rings. The second-order valence-corrected chi connectivity index (χ2v) is 16.5. The highest BCUT2D eigenvalue weighted by Gasteiger charge is 2.28. The van der Waals surface area contributed by atoms with E-state index in [4.69, 9.17) is 14.4 Å². The van der Waals surface area contributed by atoms with Gasteiger partial charge >= 0.3 is 0 Å². The zero-order valence-electron chi connectivity index (χ0n) is 33.0. The second kappa shape index (κ2) is 11.6. The summed E-state index contributed by atoms with van der Waals surface area (Å²) >= 11 is 0. The van der Waals surface area contributed by atoms with E-state index in [0.29, 0.717) is 11.5 Å². The Hall–Kier alpha value is -8.48. The molecular weight excluding hydrogens is 759 g/mol. The molecule has 6 aromatic heterocycles. The first kappa shape index (κ1) is 32.4. The van der Waals surface area contributed by atoms with Crippen molar-refractivity contribution in [2.75, 3.05) is 0 Å². The van der Waals surface area contributed by atoms with Gasteiger partial charge in [-0.05, 0) is 53.9 Å². The van der Waals surface area contributed by atoms with Crippen molar-refractivity contribution in [2.24, 2.45) is 0 Å². The van der Waals surface area contributed by atoms with E-state index in [-0.39, 0.29) is 0 Å². The lowest BCUT2D eigenvalue weighted by Crippen LogP contribution is -2.02. The van der Waals surface area contributed by atoms with Crippen LogP contribution in [0.4, 0.5) is 0 Å². The second-order valence-electron chi connectivity index (χ2n) is 16.5. The zero-order valence-corrected chi connectivity index (χ0v) is 33.0. The number of furan rings is 1. The molecule has 6 nitrogen and oxygen atoms in total. The first-order valence-corrected chi connectivity index (χ1v) is 21.1. The van der Waals surface area contributed by atoms with Gasteiger partial charge in [-0.3, -0.25) is 4.57 Å². The molecule has 0 atom stereocenters. The van der Waals surface area contributed by atoms with Crippen LogP contribution in [-0.2, 0) is 0 Å². The number of aromatic nitrogens is 5. The first-order valence-electron chi connectivity index (χ1n) is 21.1. The van der Waals surface area contributed by atoms with Crippen LogP contribution in [-0.4, -0.2) is 23.5 Å². The van der Waals surface area contributed by atoms with E-state index in [1.165, 1.54) is 70.4 Å². The standard InChI is InChI=1S/C56H31N5O/c1-2-15-34(16-3-1)59-44-22-10-6-18-36(44)38-28-27-33(30-47(38)59)54-57-55(50-41-21-9-13-25-48(41)62-56(50)58-54)61-45-23-11-7-19-37(45)42-31-43-39-29-26-32-14-4-5-17-35(32)51(39)60-46-24-12-8-20-40(46)49(52(43)60)53(42)61/h1-31H. The van der Waals surface area contributed by atoms with E-state index >= 15 is 0 Å². The fourth-order valence-corrected chi connectivity index (χ4v) is 10.8. The Bertz CT molecular complexity index is 4390. The van der Waals surface area contributed by atoms with Crippen molar-refractivity contribution in [3.05, 3.63) is 188 Å². The Balaban J connectivity index is 1.11. The summed E-state index contributed by atoms with van der Waals surface area (Å²) in [7, 11) is 0. The third kappa shape index (κ3) is 4.04. The third-order valence-electron chi connectivity index (χ3n) is 13.4. The minimum Gasteiger partial charge on any atom is -0.437 e. The lowest BCUT2D eigenvalue weighted by atomic mass is 10.0. The highest BCUT2D eigenvalue weighted by molar-refractivity contribution is 6.36. The van der Waals surface area contributed by atoms with Gasteiger partial charge in [0.2, 0.25) is 5.71 Å². The van der Waals surface area contributed by atoms with E-state index in [2.05, 4.69) is 189 Å². The van der Waals surface area contributed by atoms with Gasteiger partial charge < -0.3 is 13.4 Å². The van der Waals surface area contributed by atoms with E-state index < -0.39 is 0 Å². The average molecular weight is 790 g/mol. The van der Waals surface area contributed by atoms with Crippen molar-refractivity contribution in [3.63, 3.8) is 0 Å². The topological polar surface area (TPSA) is 53.2 Å². The van der Waals surface area contributed by atoms with Crippen LogP contribution < -0.4 is 0 Å². The first-order chi connectivity index (χ1) is 30.8. The van der Waals surface area contributed by atoms with Crippen molar-refractivity contribution in [1.82, 2.24) is 23.5 Å². The van der Waals surface area contributed by atoms with Gasteiger partial charge in [0, 0.05) is 65.1 Å². The van der Waals surface area contributed by atoms with E-state index in [9.17, 15) is 0 Å². The summed E-state index contributed by atoms with van der Waals surface area (Å²) in [5, 5.41) is 14.0. The summed E-state index contributed by atoms with van der Waals surface area (Å²) < 4.78 is 14.0. The monoisotopic (exact) mass is 789 g/mol. The smallest absolute Gasteiger partial charge is 0.233 e. The van der Waals surface area contributed by atoms with E-state index in [1.54, 1.807) is 0 Å². The minimum atomic E-state index is 0.555. The molecule has 0 amide bonds. The average Bonchev–Trinajstić information content (AvgIpc) is 4.13. The molecule has 0 aliphatic heterocycles. The molecule has 6 heteroatoms. The molecule has 6 heterocycles. The number of benzene rings is 9. The molecule has 0 saturated carbocycles. The predicted octanol–water partition coefficient (Wildman–Crippen LogP) is 14.5. The Labute approximate surface area is 352 Å². The maximum atomic E-state index is 6.71. The Morgan fingerprint density at radius 2 is 1.00 bits per heavy atom. The Morgan fingerprint density at radius 3 is 1.84 bits per heavy atom. The van der Waals surface area contributed by atoms with Crippen LogP contribution in [0.2, 0.25) is 0 Å². The molecule has 0 radical (unpaired) electrons. The zero-order chi connectivity index (χ0) is 40.2. The molecule has 0 aliphatic carbocycles. The van der Waals surface area contributed by atoms with Crippen molar-refractivity contribution in [2.45, 2.75) is 0 Å². The Morgan fingerprint density at radius 1 is 0.371 bits per heavy atom. The molecule has 9 aromatic carbocycles. The molecule has 0 unspecified atom stereocenters. The van der Waals surface area contributed by atoms with Crippen LogP contribution in [0, 0.1) is 0 Å². The van der Waals surface area contributed by atoms with Crippen LogP contribution in [0.15, 0.2) is 192 Å². The molecule has 15 rings (SSSR count). The van der Waals surface area contributed by atoms with Gasteiger partial charge in [-0.15, -0.1) is 0 Å². The quantitative estimate of drug-likeness (QED) is 0.179. The number of rotatable bonds is 3. The normalized spacial score (nSPS) is 12.5. The molecule has 0 N–H and O–H groups in total. The van der Waals surface area contributed by atoms with Gasteiger partial charge in [0.05, 0.1) is 44.0 Å². The van der Waals surface area contributed by atoms with Crippen LogP contribution in [0.3, 0.4) is 0 Å². The van der Waals surface area contributed by atoms with Crippen LogP contribution in [0.5, 0.6) is 0 Å². The summed E-state index contributed by atoms with van der Waals surface area (Å²) in [4.78, 5) is 11.0. The van der Waals surface area contributed by atoms with Gasteiger partial charge in [0.15, 0.2) is 11.6 Å². The van der Waals surface area contributed by atoms with Gasteiger partial charge in [0.25, 0.3) is 0 Å². The number of hydrogen-bond acceptors (Lipinski definition) is 3. The van der Waals surface area contributed by atoms with Crippen LogP contribution >= 0.6 is 0 Å². The molecule has 62 heavy (non-hydrogen) atoms. The highest BCUT2D eigenvalue weighted by Crippen LogP contribution is 2.48. The summed E-state index contributed by atoms with van der Waals surface area (Å²) in [5.74, 6) is 1.39. The molecular formula is C56H31N5O. The minimum absolute atomic E-state index is 0.555. The van der Waals surface area contributed by atoms with Crippen molar-refractivity contribution >= 4 is 115 Å². The van der Waals surface area contributed by atoms with E-state index in [0.717, 1.165) is 55.5 Å². The lowest BCUT2D eigenvalue weighted by molar-refractivity contribution is 0.653. The van der Waals surface area contributed by atoms with Gasteiger partial charge in [-0.25, -0.2) is 4.98 Å². The fraction of sp³-hybridized carbons (Fsp3) is 0. The fourth-order valence-electron chi connectivity index (χ4n) is 10.8. The Kier molecular flexibility index (Phi) is 6.07. The number of fused-ring (bicyclic) bond motifs is 18. The van der Waals surface area contributed by atoms with Crippen LogP contribution in [0.1, 0.15) is 0 Å². The van der Waals surface area contributed by atoms with Gasteiger partial charge in [0.1, 0.15) is 5.58 Å². The molecule has 15 aromatic rings. The molecule has 286 valence electrons. The molecule has 0 spiro atoms. The number of hydrogen-bond donors (Lipinski definition) is 0. The maximum absolute atomic E-state index is 6.71. The molecule has 0 fully saturated rings. The number of nitrogens with zero attached hydrogens (tertiary/aromatic N) is 5. The largest absolute Gasteiger partial charge is 0.437 e. The SMILES string of the molecule is c1ccc(-n2c3ccccc3c3ccc(-c4nc(-n5c6ccccc6c6cc7c8ccc9ccccc9c8n8c9ccccc9c(c65)c78)c5c(n4)oc4ccccc45)cc32)cc1. The summed E-state index contributed by atoms with van der Waals surface area (Å²) in [6.45, 7) is 0. The lowest BCUT2D eigenvalue weighted by Gasteiger charge is -2.12. The molecule has 0 bridgehead atoms. The van der Waals surface area contributed by atoms with Crippen molar-refractivity contribution in [3.8, 4) is 22.9 Å². The molecule has 0 saturated heterocycles. The van der Waals surface area contributed by atoms with Gasteiger partial charge in [-0.2, -0.15) is 4.98 Å². The van der Waals surface area contributed by atoms with Gasteiger partial charge in [-0.1, -0.05) is 140 Å². The van der Waals surface area contributed by atoms with Crippen molar-refractivity contribution < 1.29 is 4.42 Å². The maximum Gasteiger partial charge on any atom is 0.233 e. The third-order valence-corrected chi connectivity index (χ3v) is 13.4. The number of para-hydroxylation sites is 5. The summed E-state index contributed by atoms with van der Waals surface area (Å²) in [5.41, 5.74) is 11.4. The predicted molar refractivity (Wildman–Crippen MR) is 256 cm³/mol. The van der Waals surface area contributed by atoms with Crippen LogP contribution in [0.25, 0.3) is 137 Å². The summed E-state index contributed by atoms with van der Waals surface area (Å²) in [6.07, 6.45) is 0. The summed E-state index contributed by atoms with van der Waals surface area (Å²) in [6, 6.07) is 67.4. The van der Waals surface area contributed by atoms with Crippen molar-refractivity contribution in [1.29, 1.82) is 0 Å². The highest BCUT2D eigenvalue weighted by atomic mass is 16.3. The van der Waals surface area contributed by atoms with E-state index in [1.807, 2.05) is 12.1 Å².